The molecule has 0 spiro atoms. The number of likely N-dealkylation sites (tertiary alicyclic amines) is 1. The van der Waals surface area contributed by atoms with Crippen LogP contribution in [0.2, 0.25) is 0 Å². The van der Waals surface area contributed by atoms with Crippen molar-refractivity contribution in [3.05, 3.63) is 0 Å². The minimum absolute atomic E-state index is 0.274. The molecule has 0 N–H and O–H groups in total. The fourth-order valence-corrected chi connectivity index (χ4v) is 1.75. The first kappa shape index (κ1) is 14.4. The van der Waals surface area contributed by atoms with E-state index in [9.17, 15) is 4.79 Å². The number of carbonyl (C=O) groups is 1. The van der Waals surface area contributed by atoms with Crippen molar-refractivity contribution in [3.63, 3.8) is 0 Å². The molecule has 1 rings (SSSR count). The first-order valence-corrected chi connectivity index (χ1v) is 6.26. The van der Waals surface area contributed by atoms with Gasteiger partial charge in [0.25, 0.3) is 0 Å². The first-order valence-electron chi connectivity index (χ1n) is 6.26. The van der Waals surface area contributed by atoms with Crippen LogP contribution in [0.15, 0.2) is 0 Å². The molecule has 1 fully saturated rings. The molecule has 5 nitrogen and oxygen atoms in total. The van der Waals surface area contributed by atoms with Gasteiger partial charge < -0.3 is 14.4 Å². The fourth-order valence-electron chi connectivity index (χ4n) is 1.75. The van der Waals surface area contributed by atoms with Gasteiger partial charge in [-0.1, -0.05) is 0 Å². The molecule has 0 aromatic rings. The van der Waals surface area contributed by atoms with Gasteiger partial charge in [-0.05, 0) is 6.42 Å². The fraction of sp³-hybridized carbons (Fsp3) is 0.917. The lowest BCUT2D eigenvalue weighted by molar-refractivity contribution is -0.135. The number of hydrogen-bond donors (Lipinski definition) is 0. The molecule has 0 aliphatic carbocycles. The van der Waals surface area contributed by atoms with Gasteiger partial charge >= 0.3 is 0 Å². The van der Waals surface area contributed by atoms with Gasteiger partial charge in [0.1, 0.15) is 0 Å². The molecule has 1 aliphatic rings. The Morgan fingerprint density at radius 2 is 1.71 bits per heavy atom. The van der Waals surface area contributed by atoms with Crippen LogP contribution in [0.4, 0.5) is 0 Å². The van der Waals surface area contributed by atoms with Crippen LogP contribution < -0.4 is 0 Å². The molecule has 0 unspecified atom stereocenters. The van der Waals surface area contributed by atoms with Crippen molar-refractivity contribution in [1.29, 1.82) is 0 Å². The van der Waals surface area contributed by atoms with Crippen LogP contribution in [0.1, 0.15) is 12.8 Å². The van der Waals surface area contributed by atoms with Gasteiger partial charge in [0.15, 0.2) is 0 Å². The average molecular weight is 244 g/mol. The third-order valence-electron chi connectivity index (χ3n) is 3.07. The molecule has 0 aromatic carbocycles. The molecule has 5 heteroatoms. The molecule has 100 valence electrons. The summed E-state index contributed by atoms with van der Waals surface area (Å²) >= 11 is 0. The zero-order valence-electron chi connectivity index (χ0n) is 11.0. The van der Waals surface area contributed by atoms with Crippen LogP contribution in [0, 0.1) is 0 Å². The van der Waals surface area contributed by atoms with E-state index in [0.29, 0.717) is 19.6 Å². The van der Waals surface area contributed by atoms with Gasteiger partial charge in [-0.25, -0.2) is 0 Å². The van der Waals surface area contributed by atoms with Crippen LogP contribution in [-0.2, 0) is 14.3 Å². The summed E-state index contributed by atoms with van der Waals surface area (Å²) in [5.41, 5.74) is 0. The van der Waals surface area contributed by atoms with Crippen LogP contribution in [0.25, 0.3) is 0 Å². The number of amides is 1. The Morgan fingerprint density at radius 3 is 2.12 bits per heavy atom. The van der Waals surface area contributed by atoms with Gasteiger partial charge in [-0.15, -0.1) is 0 Å². The molecular formula is C12H24N2O3. The summed E-state index contributed by atoms with van der Waals surface area (Å²) in [6.45, 7) is 5.77. The van der Waals surface area contributed by atoms with Crippen molar-refractivity contribution in [2.45, 2.75) is 12.8 Å². The van der Waals surface area contributed by atoms with E-state index in [1.807, 2.05) is 4.90 Å². The predicted molar refractivity (Wildman–Crippen MR) is 66.0 cm³/mol. The van der Waals surface area contributed by atoms with E-state index in [1.54, 1.807) is 14.2 Å². The van der Waals surface area contributed by atoms with Crippen molar-refractivity contribution < 1.29 is 14.3 Å². The standard InChI is InChI=1S/C12H24N2O3/c1-16-10-8-13(9-11-17-2)7-4-12(15)14-5-3-6-14/h3-11H2,1-2H3. The maximum absolute atomic E-state index is 11.7. The lowest BCUT2D eigenvalue weighted by Crippen LogP contribution is -2.43. The van der Waals surface area contributed by atoms with Gasteiger partial charge in [-0.2, -0.15) is 0 Å². The zero-order valence-corrected chi connectivity index (χ0v) is 11.0. The first-order chi connectivity index (χ1) is 8.27. The van der Waals surface area contributed by atoms with Crippen LogP contribution in [0.5, 0.6) is 0 Å². The molecule has 1 heterocycles. The molecule has 0 atom stereocenters. The largest absolute Gasteiger partial charge is 0.383 e. The minimum Gasteiger partial charge on any atom is -0.383 e. The minimum atomic E-state index is 0.274. The number of rotatable bonds is 9. The topological polar surface area (TPSA) is 42.0 Å². The second-order valence-electron chi connectivity index (χ2n) is 4.31. The van der Waals surface area contributed by atoms with Crippen molar-refractivity contribution in [3.8, 4) is 0 Å². The zero-order chi connectivity index (χ0) is 12.5. The van der Waals surface area contributed by atoms with Crippen LogP contribution in [-0.4, -0.2) is 75.9 Å². The summed E-state index contributed by atoms with van der Waals surface area (Å²) in [5, 5.41) is 0. The molecule has 17 heavy (non-hydrogen) atoms. The molecule has 0 radical (unpaired) electrons. The second kappa shape index (κ2) is 8.44. The molecule has 0 bridgehead atoms. The SMILES string of the molecule is COCCN(CCOC)CCC(=O)N1CCC1. The summed E-state index contributed by atoms with van der Waals surface area (Å²) in [6, 6.07) is 0. The highest BCUT2D eigenvalue weighted by Crippen LogP contribution is 2.08. The lowest BCUT2D eigenvalue weighted by Gasteiger charge is -2.32. The molecular weight excluding hydrogens is 220 g/mol. The van der Waals surface area contributed by atoms with E-state index < -0.39 is 0 Å². The van der Waals surface area contributed by atoms with Crippen molar-refractivity contribution >= 4 is 5.91 Å². The maximum atomic E-state index is 11.7. The van der Waals surface area contributed by atoms with E-state index in [2.05, 4.69) is 4.90 Å². The van der Waals surface area contributed by atoms with Gasteiger partial charge in [0.05, 0.1) is 13.2 Å². The van der Waals surface area contributed by atoms with Gasteiger partial charge in [0.2, 0.25) is 5.91 Å². The Kier molecular flexibility index (Phi) is 7.16. The van der Waals surface area contributed by atoms with E-state index in [0.717, 1.165) is 39.1 Å². The quantitative estimate of drug-likeness (QED) is 0.581. The molecule has 1 amide bonds. The highest BCUT2D eigenvalue weighted by atomic mass is 16.5. The van der Waals surface area contributed by atoms with Crippen LogP contribution in [0.3, 0.4) is 0 Å². The normalized spacial score (nSPS) is 15.1. The maximum Gasteiger partial charge on any atom is 0.223 e. The number of methoxy groups -OCH3 is 2. The molecule has 0 saturated carbocycles. The molecule has 1 aliphatic heterocycles. The third-order valence-corrected chi connectivity index (χ3v) is 3.07. The van der Waals surface area contributed by atoms with Crippen LogP contribution >= 0.6 is 0 Å². The highest BCUT2D eigenvalue weighted by molar-refractivity contribution is 5.77. The summed E-state index contributed by atoms with van der Waals surface area (Å²) < 4.78 is 10.1. The van der Waals surface area contributed by atoms with E-state index in [1.165, 1.54) is 0 Å². The Balaban J connectivity index is 2.18. The Labute approximate surface area is 104 Å². The highest BCUT2D eigenvalue weighted by Gasteiger charge is 2.20. The monoisotopic (exact) mass is 244 g/mol. The Bertz CT molecular complexity index is 212. The Hall–Kier alpha value is -0.650. The molecule has 0 aromatic heterocycles. The van der Waals surface area contributed by atoms with Crippen molar-refractivity contribution in [2.24, 2.45) is 0 Å². The summed E-state index contributed by atoms with van der Waals surface area (Å²) in [7, 11) is 3.39. The average Bonchev–Trinajstić information content (AvgIpc) is 2.25. The van der Waals surface area contributed by atoms with E-state index >= 15 is 0 Å². The number of ether oxygens (including phenoxy) is 2. The summed E-state index contributed by atoms with van der Waals surface area (Å²) in [5.74, 6) is 0.274. The number of hydrogen-bond acceptors (Lipinski definition) is 4. The van der Waals surface area contributed by atoms with Crippen molar-refractivity contribution in [1.82, 2.24) is 9.80 Å². The smallest absolute Gasteiger partial charge is 0.223 e. The third kappa shape index (κ3) is 5.48. The number of carbonyl (C=O) groups excluding carboxylic acids is 1. The second-order valence-corrected chi connectivity index (χ2v) is 4.31. The lowest BCUT2D eigenvalue weighted by atomic mass is 10.2. The van der Waals surface area contributed by atoms with Crippen molar-refractivity contribution in [2.75, 3.05) is 60.2 Å². The molecule has 1 saturated heterocycles. The summed E-state index contributed by atoms with van der Waals surface area (Å²) in [4.78, 5) is 15.8. The number of nitrogens with zero attached hydrogens (tertiary/aromatic N) is 2. The predicted octanol–water partition coefficient (Wildman–Crippen LogP) is 0.204. The summed E-state index contributed by atoms with van der Waals surface area (Å²) in [6.07, 6.45) is 1.76. The van der Waals surface area contributed by atoms with E-state index in [4.69, 9.17) is 9.47 Å². The van der Waals surface area contributed by atoms with Gasteiger partial charge in [0, 0.05) is 53.4 Å². The Morgan fingerprint density at radius 1 is 1.12 bits per heavy atom. The van der Waals surface area contributed by atoms with E-state index in [-0.39, 0.29) is 5.91 Å². The van der Waals surface area contributed by atoms with Gasteiger partial charge in [-0.3, -0.25) is 9.69 Å².